The molecule has 0 aliphatic rings. The van der Waals surface area contributed by atoms with Crippen molar-refractivity contribution in [1.82, 2.24) is 20.2 Å². The van der Waals surface area contributed by atoms with Crippen LogP contribution in [0, 0.1) is 6.92 Å². The van der Waals surface area contributed by atoms with E-state index in [0.29, 0.717) is 17.6 Å². The number of aromatic nitrogens is 4. The van der Waals surface area contributed by atoms with E-state index >= 15 is 0 Å². The molecule has 0 bridgehead atoms. The summed E-state index contributed by atoms with van der Waals surface area (Å²) in [5.74, 6) is 0.640. The van der Waals surface area contributed by atoms with Gasteiger partial charge in [-0.25, -0.2) is 4.98 Å². The molecule has 17 heavy (non-hydrogen) atoms. The van der Waals surface area contributed by atoms with Crippen molar-refractivity contribution >= 4 is 32.9 Å². The third kappa shape index (κ3) is 1.87. The first-order chi connectivity index (χ1) is 8.24. The molecule has 5 nitrogen and oxygen atoms in total. The van der Waals surface area contributed by atoms with Crippen LogP contribution in [0.25, 0.3) is 10.2 Å². The van der Waals surface area contributed by atoms with Gasteiger partial charge in [-0.1, -0.05) is 0 Å². The Kier molecular flexibility index (Phi) is 2.49. The van der Waals surface area contributed by atoms with E-state index in [4.69, 9.17) is 0 Å². The Morgan fingerprint density at radius 1 is 1.41 bits per heavy atom. The molecule has 0 fully saturated rings. The molecule has 0 aliphatic heterocycles. The highest BCUT2D eigenvalue weighted by Crippen LogP contribution is 2.20. The van der Waals surface area contributed by atoms with E-state index in [0.717, 1.165) is 15.4 Å². The summed E-state index contributed by atoms with van der Waals surface area (Å²) < 4.78 is 0. The van der Waals surface area contributed by atoms with Gasteiger partial charge >= 0.3 is 0 Å². The zero-order chi connectivity index (χ0) is 11.8. The maximum absolute atomic E-state index is 11.9. The summed E-state index contributed by atoms with van der Waals surface area (Å²) in [6.45, 7) is 1.92. The Morgan fingerprint density at radius 3 is 3.06 bits per heavy atom. The molecule has 0 atom stereocenters. The number of aromatic amines is 1. The minimum atomic E-state index is -0.0757. The minimum Gasteiger partial charge on any atom is -0.310 e. The zero-order valence-corrected chi connectivity index (χ0v) is 10.6. The second-order valence-corrected chi connectivity index (χ2v) is 5.40. The maximum Gasteiger partial charge on any atom is 0.259 e. The lowest BCUT2D eigenvalue weighted by molar-refractivity contribution is 0.930. The van der Waals surface area contributed by atoms with E-state index in [-0.39, 0.29) is 5.56 Å². The summed E-state index contributed by atoms with van der Waals surface area (Å²) in [5, 5.41) is 11.2. The van der Waals surface area contributed by atoms with Gasteiger partial charge in [0.2, 0.25) is 0 Å². The van der Waals surface area contributed by atoms with Gasteiger partial charge < -0.3 is 4.98 Å². The topological polar surface area (TPSA) is 71.5 Å². The number of aryl methyl sites for hydroxylation is 1. The molecule has 3 rings (SSSR count). The molecule has 0 spiro atoms. The second kappa shape index (κ2) is 4.01. The summed E-state index contributed by atoms with van der Waals surface area (Å²) in [5.41, 5.74) is 2.57. The number of H-pyrrole nitrogens is 1. The molecule has 3 aromatic heterocycles. The number of thiophene rings is 1. The Bertz CT molecular complexity index is 714. The van der Waals surface area contributed by atoms with Crippen LogP contribution in [0.2, 0.25) is 0 Å². The molecular formula is C10H8N4OS2. The van der Waals surface area contributed by atoms with Crippen LogP contribution < -0.4 is 5.56 Å². The summed E-state index contributed by atoms with van der Waals surface area (Å²) in [7, 11) is 0. The molecule has 0 saturated heterocycles. The predicted octanol–water partition coefficient (Wildman–Crippen LogP) is 1.74. The first kappa shape index (κ1) is 10.5. The van der Waals surface area contributed by atoms with Crippen LogP contribution in [0.4, 0.5) is 0 Å². The first-order valence-corrected chi connectivity index (χ1v) is 6.72. The van der Waals surface area contributed by atoms with Crippen LogP contribution in [-0.4, -0.2) is 20.2 Å². The van der Waals surface area contributed by atoms with E-state index in [1.54, 1.807) is 5.51 Å². The van der Waals surface area contributed by atoms with E-state index in [9.17, 15) is 4.79 Å². The van der Waals surface area contributed by atoms with Crippen LogP contribution in [0.3, 0.4) is 0 Å². The Hall–Kier alpha value is -1.60. The van der Waals surface area contributed by atoms with Crippen molar-refractivity contribution in [2.75, 3.05) is 0 Å². The molecule has 0 saturated carbocycles. The van der Waals surface area contributed by atoms with Gasteiger partial charge in [-0.3, -0.25) is 4.79 Å². The van der Waals surface area contributed by atoms with Crippen LogP contribution in [-0.2, 0) is 6.42 Å². The van der Waals surface area contributed by atoms with E-state index in [1.807, 2.05) is 12.3 Å². The molecule has 1 N–H and O–H groups in total. The van der Waals surface area contributed by atoms with Gasteiger partial charge in [-0.2, -0.15) is 0 Å². The standard InChI is InChI=1S/C10H8N4OS2/c1-5-3-16-10-8(5)9(15)12-6(13-10)2-7-14-11-4-17-7/h3-4H,2H2,1H3,(H,12,13,15). The van der Waals surface area contributed by atoms with Gasteiger partial charge in [0.15, 0.2) is 0 Å². The Morgan fingerprint density at radius 2 is 2.29 bits per heavy atom. The normalized spacial score (nSPS) is 11.1. The Labute approximate surface area is 104 Å². The van der Waals surface area contributed by atoms with Crippen molar-refractivity contribution in [1.29, 1.82) is 0 Å². The molecule has 3 heterocycles. The molecule has 0 unspecified atom stereocenters. The van der Waals surface area contributed by atoms with E-state index < -0.39 is 0 Å². The number of hydrogen-bond donors (Lipinski definition) is 1. The van der Waals surface area contributed by atoms with Crippen molar-refractivity contribution < 1.29 is 0 Å². The molecular weight excluding hydrogens is 256 g/mol. The SMILES string of the molecule is Cc1csc2nc(Cc3nncs3)[nH]c(=O)c12. The van der Waals surface area contributed by atoms with Crippen molar-refractivity contribution in [3.63, 3.8) is 0 Å². The van der Waals surface area contributed by atoms with Crippen molar-refractivity contribution in [3.05, 3.63) is 37.6 Å². The third-order valence-corrected chi connectivity index (χ3v) is 4.09. The molecule has 0 amide bonds. The summed E-state index contributed by atoms with van der Waals surface area (Å²) in [6, 6.07) is 0. The lowest BCUT2D eigenvalue weighted by atomic mass is 10.3. The van der Waals surface area contributed by atoms with Gasteiger partial charge in [0, 0.05) is 0 Å². The minimum absolute atomic E-state index is 0.0757. The first-order valence-electron chi connectivity index (χ1n) is 4.96. The number of fused-ring (bicyclic) bond motifs is 1. The smallest absolute Gasteiger partial charge is 0.259 e. The summed E-state index contributed by atoms with van der Waals surface area (Å²) in [4.78, 5) is 19.9. The maximum atomic E-state index is 11.9. The quantitative estimate of drug-likeness (QED) is 0.765. The fourth-order valence-corrected chi connectivity index (χ4v) is 3.10. The molecule has 7 heteroatoms. The van der Waals surface area contributed by atoms with Gasteiger partial charge in [0.25, 0.3) is 5.56 Å². The lowest BCUT2D eigenvalue weighted by Crippen LogP contribution is -2.11. The molecule has 0 aromatic carbocycles. The predicted molar refractivity (Wildman–Crippen MR) is 67.7 cm³/mol. The van der Waals surface area contributed by atoms with Gasteiger partial charge in [0.05, 0.1) is 11.8 Å². The van der Waals surface area contributed by atoms with Crippen molar-refractivity contribution in [2.24, 2.45) is 0 Å². The zero-order valence-electron chi connectivity index (χ0n) is 8.93. The lowest BCUT2D eigenvalue weighted by Gasteiger charge is -1.97. The van der Waals surface area contributed by atoms with E-state index in [1.165, 1.54) is 22.7 Å². The van der Waals surface area contributed by atoms with Crippen LogP contribution >= 0.6 is 22.7 Å². The molecule has 3 aromatic rings. The van der Waals surface area contributed by atoms with Crippen LogP contribution in [0.1, 0.15) is 16.4 Å². The average Bonchev–Trinajstić information content (AvgIpc) is 2.89. The molecule has 0 radical (unpaired) electrons. The van der Waals surface area contributed by atoms with Crippen molar-refractivity contribution in [2.45, 2.75) is 13.3 Å². The largest absolute Gasteiger partial charge is 0.310 e. The van der Waals surface area contributed by atoms with Crippen molar-refractivity contribution in [3.8, 4) is 0 Å². The van der Waals surface area contributed by atoms with Gasteiger partial charge in [-0.15, -0.1) is 32.9 Å². The number of nitrogens with one attached hydrogen (secondary N) is 1. The summed E-state index contributed by atoms with van der Waals surface area (Å²) in [6.07, 6.45) is 0.521. The average molecular weight is 264 g/mol. The highest BCUT2D eigenvalue weighted by molar-refractivity contribution is 7.16. The fraction of sp³-hybridized carbons (Fsp3) is 0.200. The monoisotopic (exact) mass is 264 g/mol. The highest BCUT2D eigenvalue weighted by Gasteiger charge is 2.09. The molecule has 0 aliphatic carbocycles. The van der Waals surface area contributed by atoms with Crippen LogP contribution in [0.15, 0.2) is 15.7 Å². The van der Waals surface area contributed by atoms with E-state index in [2.05, 4.69) is 20.2 Å². The van der Waals surface area contributed by atoms with Gasteiger partial charge in [-0.05, 0) is 17.9 Å². The van der Waals surface area contributed by atoms with Crippen LogP contribution in [0.5, 0.6) is 0 Å². The molecule has 86 valence electrons. The Balaban J connectivity index is 2.10. The number of nitrogens with zero attached hydrogens (tertiary/aromatic N) is 3. The second-order valence-electron chi connectivity index (χ2n) is 3.62. The third-order valence-electron chi connectivity index (χ3n) is 2.40. The number of rotatable bonds is 2. The summed E-state index contributed by atoms with van der Waals surface area (Å²) >= 11 is 2.94. The van der Waals surface area contributed by atoms with Gasteiger partial charge in [0.1, 0.15) is 21.2 Å². The number of hydrogen-bond acceptors (Lipinski definition) is 6. The highest BCUT2D eigenvalue weighted by atomic mass is 32.1. The fourth-order valence-electron chi connectivity index (χ4n) is 1.63.